The first-order valence-electron chi connectivity index (χ1n) is 16.5. The molecular formula is C42H41N5. The summed E-state index contributed by atoms with van der Waals surface area (Å²) < 4.78 is 0. The Kier molecular flexibility index (Phi) is 7.71. The molecule has 5 nitrogen and oxygen atoms in total. The third-order valence-electron chi connectivity index (χ3n) is 8.93. The van der Waals surface area contributed by atoms with Crippen molar-refractivity contribution in [2.75, 3.05) is 0 Å². The van der Waals surface area contributed by atoms with Crippen molar-refractivity contribution >= 4 is 21.8 Å². The molecule has 0 aliphatic rings. The molecule has 7 rings (SSSR count). The number of nitrogens with zero attached hydrogens (tertiary/aromatic N) is 4. The number of rotatable bonds is 6. The average Bonchev–Trinajstić information content (AvgIpc) is 3.46. The smallest absolute Gasteiger partial charge is 0.159 e. The minimum Gasteiger partial charge on any atom is -0.354 e. The second-order valence-electron chi connectivity index (χ2n) is 14.1. The lowest BCUT2D eigenvalue weighted by molar-refractivity contribution is 0.587. The molecule has 0 aliphatic carbocycles. The molecule has 0 radical (unpaired) electrons. The van der Waals surface area contributed by atoms with Gasteiger partial charge in [-0.15, -0.1) is 0 Å². The van der Waals surface area contributed by atoms with Gasteiger partial charge in [0.1, 0.15) is 0 Å². The molecule has 0 amide bonds. The zero-order valence-corrected chi connectivity index (χ0v) is 28.3. The number of pyridine rings is 2. The minimum absolute atomic E-state index is 0.0480. The van der Waals surface area contributed by atoms with Crippen molar-refractivity contribution in [1.29, 1.82) is 0 Å². The van der Waals surface area contributed by atoms with Crippen LogP contribution in [-0.2, 0) is 5.41 Å². The van der Waals surface area contributed by atoms with Crippen LogP contribution in [0.2, 0.25) is 0 Å². The van der Waals surface area contributed by atoms with Crippen molar-refractivity contribution in [1.82, 2.24) is 24.9 Å². The Labute approximate surface area is 277 Å². The van der Waals surface area contributed by atoms with E-state index < -0.39 is 0 Å². The number of para-hydroxylation sites is 2. The van der Waals surface area contributed by atoms with Crippen LogP contribution in [0, 0.1) is 0 Å². The van der Waals surface area contributed by atoms with Gasteiger partial charge in [-0.3, -0.25) is 4.98 Å². The maximum Gasteiger partial charge on any atom is 0.159 e. The van der Waals surface area contributed by atoms with Crippen LogP contribution in [0.1, 0.15) is 77.3 Å². The molecule has 47 heavy (non-hydrogen) atoms. The Morgan fingerprint density at radius 2 is 1.23 bits per heavy atom. The number of nitrogens with one attached hydrogen (secondary N) is 1. The van der Waals surface area contributed by atoms with E-state index in [2.05, 4.69) is 151 Å². The number of fused-ring (bicyclic) bond motifs is 3. The van der Waals surface area contributed by atoms with Crippen LogP contribution in [0.15, 0.2) is 103 Å². The van der Waals surface area contributed by atoms with E-state index in [1.807, 2.05) is 6.20 Å². The monoisotopic (exact) mass is 615 g/mol. The molecule has 0 aliphatic heterocycles. The van der Waals surface area contributed by atoms with Crippen LogP contribution in [-0.4, -0.2) is 24.9 Å². The summed E-state index contributed by atoms with van der Waals surface area (Å²) in [7, 11) is 0. The van der Waals surface area contributed by atoms with E-state index in [-0.39, 0.29) is 17.3 Å². The molecular weight excluding hydrogens is 574 g/mol. The Bertz CT molecular complexity index is 2210. The molecule has 0 unspecified atom stereocenters. The first-order chi connectivity index (χ1) is 22.5. The van der Waals surface area contributed by atoms with Gasteiger partial charge in [-0.25, -0.2) is 15.0 Å². The quantitative estimate of drug-likeness (QED) is 0.202. The predicted molar refractivity (Wildman–Crippen MR) is 196 cm³/mol. The van der Waals surface area contributed by atoms with E-state index in [9.17, 15) is 0 Å². The fourth-order valence-electron chi connectivity index (χ4n) is 6.08. The van der Waals surface area contributed by atoms with E-state index in [0.717, 1.165) is 67.6 Å². The molecule has 4 aromatic heterocycles. The Morgan fingerprint density at radius 3 is 1.91 bits per heavy atom. The molecule has 5 heteroatoms. The molecule has 0 fully saturated rings. The normalized spacial score (nSPS) is 12.1. The molecule has 4 heterocycles. The first kappa shape index (κ1) is 30.5. The zero-order valence-electron chi connectivity index (χ0n) is 28.3. The number of hydrogen-bond donors (Lipinski definition) is 1. The highest BCUT2D eigenvalue weighted by Crippen LogP contribution is 2.36. The SMILES string of the molecule is CC(C)c1cc(C(C)C)nc(-c2cc(-c3cccc(-c4ccc(C(C)(C)C)cn4)c3)nc(-c3cccc4c3[nH]c3ccccc34)c2)n1. The van der Waals surface area contributed by atoms with Crippen molar-refractivity contribution < 1.29 is 0 Å². The van der Waals surface area contributed by atoms with Gasteiger partial charge in [0.2, 0.25) is 0 Å². The molecule has 0 saturated heterocycles. The third-order valence-corrected chi connectivity index (χ3v) is 8.93. The molecule has 0 bridgehead atoms. The fraction of sp³-hybridized carbons (Fsp3) is 0.238. The second kappa shape index (κ2) is 11.9. The highest BCUT2D eigenvalue weighted by Gasteiger charge is 2.18. The summed E-state index contributed by atoms with van der Waals surface area (Å²) in [5.74, 6) is 1.29. The Hall–Kier alpha value is -5.16. The van der Waals surface area contributed by atoms with Gasteiger partial charge < -0.3 is 4.98 Å². The van der Waals surface area contributed by atoms with Crippen molar-refractivity contribution in [3.63, 3.8) is 0 Å². The number of H-pyrrole nitrogens is 1. The maximum absolute atomic E-state index is 5.32. The summed E-state index contributed by atoms with van der Waals surface area (Å²) >= 11 is 0. The maximum atomic E-state index is 5.32. The Morgan fingerprint density at radius 1 is 0.574 bits per heavy atom. The van der Waals surface area contributed by atoms with Crippen molar-refractivity contribution in [3.8, 4) is 45.2 Å². The van der Waals surface area contributed by atoms with Crippen LogP contribution >= 0.6 is 0 Å². The van der Waals surface area contributed by atoms with E-state index in [1.54, 1.807) is 0 Å². The molecule has 0 saturated carbocycles. The summed E-state index contributed by atoms with van der Waals surface area (Å²) in [6, 6.07) is 34.1. The second-order valence-corrected chi connectivity index (χ2v) is 14.1. The predicted octanol–water partition coefficient (Wildman–Crippen LogP) is 11.1. The highest BCUT2D eigenvalue weighted by molar-refractivity contribution is 6.11. The van der Waals surface area contributed by atoms with Crippen LogP contribution < -0.4 is 0 Å². The topological polar surface area (TPSA) is 67.3 Å². The highest BCUT2D eigenvalue weighted by atomic mass is 14.9. The molecule has 0 spiro atoms. The van der Waals surface area contributed by atoms with Crippen LogP contribution in [0.4, 0.5) is 0 Å². The number of benzene rings is 3. The number of aromatic nitrogens is 5. The Balaban J connectivity index is 1.43. The molecule has 0 atom stereocenters. The van der Waals surface area contributed by atoms with Crippen LogP contribution in [0.25, 0.3) is 67.0 Å². The summed E-state index contributed by atoms with van der Waals surface area (Å²) in [5, 5.41) is 2.38. The summed E-state index contributed by atoms with van der Waals surface area (Å²) in [6.45, 7) is 15.4. The summed E-state index contributed by atoms with van der Waals surface area (Å²) in [6.07, 6.45) is 1.99. The standard InChI is InChI=1S/C42H41N5/c1-25(2)36-23-37(26(3)4)47-41(46-36)29-21-38(28-13-10-12-27(20-28)34-19-18-30(24-43-34)42(5,6)7)44-39(22-29)33-16-11-15-32-31-14-8-9-17-35(31)45-40(32)33/h8-26,45H,1-7H3. The largest absolute Gasteiger partial charge is 0.354 e. The summed E-state index contributed by atoms with van der Waals surface area (Å²) in [5.41, 5.74) is 12.3. The van der Waals surface area contributed by atoms with Gasteiger partial charge in [-0.05, 0) is 59.2 Å². The van der Waals surface area contributed by atoms with Gasteiger partial charge in [0, 0.05) is 56.1 Å². The van der Waals surface area contributed by atoms with Crippen LogP contribution in [0.5, 0.6) is 0 Å². The lowest BCUT2D eigenvalue weighted by Crippen LogP contribution is -2.11. The van der Waals surface area contributed by atoms with Gasteiger partial charge in [0.15, 0.2) is 5.82 Å². The van der Waals surface area contributed by atoms with Gasteiger partial charge in [0.05, 0.1) is 22.6 Å². The van der Waals surface area contributed by atoms with E-state index in [0.29, 0.717) is 0 Å². The number of hydrogen-bond acceptors (Lipinski definition) is 4. The molecule has 7 aromatic rings. The van der Waals surface area contributed by atoms with Crippen molar-refractivity contribution in [2.24, 2.45) is 0 Å². The third kappa shape index (κ3) is 5.94. The van der Waals surface area contributed by atoms with Gasteiger partial charge in [-0.1, -0.05) is 109 Å². The zero-order chi connectivity index (χ0) is 32.9. The lowest BCUT2D eigenvalue weighted by atomic mass is 9.88. The summed E-state index contributed by atoms with van der Waals surface area (Å²) in [4.78, 5) is 24.0. The minimum atomic E-state index is 0.0480. The van der Waals surface area contributed by atoms with E-state index in [1.165, 1.54) is 16.3 Å². The van der Waals surface area contributed by atoms with E-state index in [4.69, 9.17) is 19.9 Å². The van der Waals surface area contributed by atoms with Gasteiger partial charge in [0.25, 0.3) is 0 Å². The van der Waals surface area contributed by atoms with Crippen molar-refractivity contribution in [2.45, 2.75) is 65.7 Å². The van der Waals surface area contributed by atoms with Crippen molar-refractivity contribution in [3.05, 3.63) is 120 Å². The van der Waals surface area contributed by atoms with Gasteiger partial charge in [-0.2, -0.15) is 0 Å². The van der Waals surface area contributed by atoms with Crippen LogP contribution in [0.3, 0.4) is 0 Å². The number of aromatic amines is 1. The lowest BCUT2D eigenvalue weighted by Gasteiger charge is -2.18. The fourth-order valence-corrected chi connectivity index (χ4v) is 6.08. The van der Waals surface area contributed by atoms with E-state index >= 15 is 0 Å². The average molecular weight is 616 g/mol. The molecule has 3 aromatic carbocycles. The first-order valence-corrected chi connectivity index (χ1v) is 16.5. The molecule has 1 N–H and O–H groups in total. The molecule has 234 valence electrons. The van der Waals surface area contributed by atoms with Gasteiger partial charge >= 0.3 is 0 Å².